The molecule has 0 unspecified atom stereocenters. The highest BCUT2D eigenvalue weighted by molar-refractivity contribution is 7.99. The Morgan fingerprint density at radius 1 is 1.17 bits per heavy atom. The van der Waals surface area contributed by atoms with Crippen molar-refractivity contribution in [3.05, 3.63) is 81.7 Å². The standard InChI is InChI=1S/C21H16FN3O2S2/c1-13-4-2-3-5-17(13)25-20(27)19-16(10-11-28-19)24-21(25)29-12-18(26)23-15-8-6-14(22)7-9-15/h2-11H,12H2,1H3,(H,23,26). The molecule has 1 N–H and O–H groups in total. The van der Waals surface area contributed by atoms with Gasteiger partial charge in [-0.05, 0) is 54.3 Å². The van der Waals surface area contributed by atoms with Gasteiger partial charge in [0, 0.05) is 5.69 Å². The highest BCUT2D eigenvalue weighted by Crippen LogP contribution is 2.25. The number of nitrogens with one attached hydrogen (secondary N) is 1. The Kier molecular flexibility index (Phi) is 5.46. The van der Waals surface area contributed by atoms with Gasteiger partial charge in [-0.2, -0.15) is 0 Å². The zero-order chi connectivity index (χ0) is 20.4. The van der Waals surface area contributed by atoms with Gasteiger partial charge in [-0.1, -0.05) is 30.0 Å². The van der Waals surface area contributed by atoms with Crippen molar-refractivity contribution in [3.8, 4) is 5.69 Å². The van der Waals surface area contributed by atoms with Gasteiger partial charge in [-0.25, -0.2) is 9.37 Å². The van der Waals surface area contributed by atoms with Gasteiger partial charge in [0.15, 0.2) is 5.16 Å². The van der Waals surface area contributed by atoms with Crippen LogP contribution in [0.3, 0.4) is 0 Å². The molecule has 0 aliphatic carbocycles. The summed E-state index contributed by atoms with van der Waals surface area (Å²) < 4.78 is 15.2. The van der Waals surface area contributed by atoms with Crippen LogP contribution >= 0.6 is 23.1 Å². The molecule has 0 aliphatic heterocycles. The van der Waals surface area contributed by atoms with Crippen LogP contribution in [0.5, 0.6) is 0 Å². The molecule has 146 valence electrons. The lowest BCUT2D eigenvalue weighted by atomic mass is 10.2. The predicted molar refractivity (Wildman–Crippen MR) is 116 cm³/mol. The average molecular weight is 426 g/mol. The van der Waals surface area contributed by atoms with Crippen LogP contribution in [0, 0.1) is 12.7 Å². The van der Waals surface area contributed by atoms with Crippen LogP contribution < -0.4 is 10.9 Å². The summed E-state index contributed by atoms with van der Waals surface area (Å²) in [6, 6.07) is 14.9. The van der Waals surface area contributed by atoms with Crippen LogP contribution in [0.4, 0.5) is 10.1 Å². The molecule has 8 heteroatoms. The number of fused-ring (bicyclic) bond motifs is 1. The second kappa shape index (κ2) is 8.18. The molecule has 0 radical (unpaired) electrons. The first-order valence-electron chi connectivity index (χ1n) is 8.77. The number of aryl methyl sites for hydroxylation is 1. The first-order chi connectivity index (χ1) is 14.0. The molecule has 2 aromatic heterocycles. The fraction of sp³-hybridized carbons (Fsp3) is 0.0952. The summed E-state index contributed by atoms with van der Waals surface area (Å²) in [5.74, 6) is -0.573. The van der Waals surface area contributed by atoms with Gasteiger partial charge < -0.3 is 5.32 Å². The number of anilines is 1. The maximum absolute atomic E-state index is 13.1. The lowest BCUT2D eigenvalue weighted by Gasteiger charge is -2.14. The number of thioether (sulfide) groups is 1. The van der Waals surface area contributed by atoms with E-state index in [1.807, 2.05) is 36.6 Å². The number of amides is 1. The fourth-order valence-electron chi connectivity index (χ4n) is 2.88. The van der Waals surface area contributed by atoms with Gasteiger partial charge in [0.1, 0.15) is 10.5 Å². The molecule has 0 saturated carbocycles. The molecule has 2 aromatic carbocycles. The maximum atomic E-state index is 13.1. The van der Waals surface area contributed by atoms with Crippen LogP contribution in [0.1, 0.15) is 5.56 Å². The molecule has 0 bridgehead atoms. The number of thiophene rings is 1. The summed E-state index contributed by atoms with van der Waals surface area (Å²) in [6.45, 7) is 1.93. The van der Waals surface area contributed by atoms with E-state index >= 15 is 0 Å². The van der Waals surface area contributed by atoms with Crippen molar-refractivity contribution in [2.75, 3.05) is 11.1 Å². The molecule has 29 heavy (non-hydrogen) atoms. The van der Waals surface area contributed by atoms with Gasteiger partial charge in [0.25, 0.3) is 5.56 Å². The Balaban J connectivity index is 1.65. The Hall–Kier alpha value is -2.97. The van der Waals surface area contributed by atoms with Crippen molar-refractivity contribution >= 4 is 44.9 Å². The Morgan fingerprint density at radius 2 is 1.93 bits per heavy atom. The van der Waals surface area contributed by atoms with E-state index in [0.29, 0.717) is 21.1 Å². The molecule has 5 nitrogen and oxygen atoms in total. The molecular weight excluding hydrogens is 409 g/mol. The predicted octanol–water partition coefficient (Wildman–Crippen LogP) is 4.63. The third-order valence-corrected chi connectivity index (χ3v) is 6.10. The van der Waals surface area contributed by atoms with Crippen molar-refractivity contribution in [1.82, 2.24) is 9.55 Å². The van der Waals surface area contributed by atoms with Crippen LogP contribution in [0.15, 0.2) is 69.9 Å². The van der Waals surface area contributed by atoms with E-state index in [4.69, 9.17) is 0 Å². The van der Waals surface area contributed by atoms with Gasteiger partial charge in [0.2, 0.25) is 5.91 Å². The second-order valence-corrected chi connectivity index (χ2v) is 8.16. The van der Waals surface area contributed by atoms with Crippen LogP contribution in [-0.2, 0) is 4.79 Å². The minimum absolute atomic E-state index is 0.0609. The zero-order valence-electron chi connectivity index (χ0n) is 15.4. The van der Waals surface area contributed by atoms with Crippen LogP contribution in [0.2, 0.25) is 0 Å². The van der Waals surface area contributed by atoms with Gasteiger partial charge >= 0.3 is 0 Å². The number of hydrogen-bond donors (Lipinski definition) is 1. The molecule has 4 rings (SSSR count). The maximum Gasteiger partial charge on any atom is 0.276 e. The minimum Gasteiger partial charge on any atom is -0.325 e. The van der Waals surface area contributed by atoms with E-state index in [9.17, 15) is 14.0 Å². The highest BCUT2D eigenvalue weighted by atomic mass is 32.2. The Bertz CT molecular complexity index is 1250. The minimum atomic E-state index is -0.368. The first-order valence-corrected chi connectivity index (χ1v) is 10.6. The van der Waals surface area contributed by atoms with E-state index < -0.39 is 0 Å². The molecule has 2 heterocycles. The van der Waals surface area contributed by atoms with Crippen LogP contribution in [-0.4, -0.2) is 21.2 Å². The number of rotatable bonds is 5. The topological polar surface area (TPSA) is 64.0 Å². The molecule has 0 atom stereocenters. The first kappa shape index (κ1) is 19.4. The average Bonchev–Trinajstić information content (AvgIpc) is 3.18. The molecule has 0 saturated heterocycles. The summed E-state index contributed by atoms with van der Waals surface area (Å²) in [5, 5.41) is 5.00. The number of hydrogen-bond acceptors (Lipinski definition) is 5. The van der Waals surface area contributed by atoms with Gasteiger partial charge in [-0.3, -0.25) is 14.2 Å². The fourth-order valence-corrected chi connectivity index (χ4v) is 4.44. The normalized spacial score (nSPS) is 11.0. The van der Waals surface area contributed by atoms with E-state index in [1.54, 1.807) is 10.6 Å². The van der Waals surface area contributed by atoms with E-state index in [2.05, 4.69) is 10.3 Å². The third kappa shape index (κ3) is 4.08. The number of para-hydroxylation sites is 1. The summed E-state index contributed by atoms with van der Waals surface area (Å²) in [6.07, 6.45) is 0. The van der Waals surface area contributed by atoms with E-state index in [1.165, 1.54) is 47.4 Å². The molecule has 0 spiro atoms. The smallest absolute Gasteiger partial charge is 0.276 e. The van der Waals surface area contributed by atoms with Gasteiger partial charge in [-0.15, -0.1) is 11.3 Å². The summed E-state index contributed by atoms with van der Waals surface area (Å²) in [4.78, 5) is 30.1. The van der Waals surface area contributed by atoms with Crippen LogP contribution in [0.25, 0.3) is 15.9 Å². The Morgan fingerprint density at radius 3 is 2.69 bits per heavy atom. The van der Waals surface area contributed by atoms with E-state index in [-0.39, 0.29) is 23.0 Å². The third-order valence-electron chi connectivity index (χ3n) is 4.27. The number of nitrogens with zero attached hydrogens (tertiary/aromatic N) is 2. The molecule has 1 amide bonds. The summed E-state index contributed by atoms with van der Waals surface area (Å²) >= 11 is 2.53. The van der Waals surface area contributed by atoms with E-state index in [0.717, 1.165) is 11.3 Å². The zero-order valence-corrected chi connectivity index (χ0v) is 17.0. The monoisotopic (exact) mass is 425 g/mol. The molecule has 0 aliphatic rings. The summed E-state index contributed by atoms with van der Waals surface area (Å²) in [7, 11) is 0. The highest BCUT2D eigenvalue weighted by Gasteiger charge is 2.16. The van der Waals surface area contributed by atoms with Crippen molar-refractivity contribution < 1.29 is 9.18 Å². The number of carbonyl (C=O) groups is 1. The van der Waals surface area contributed by atoms with Crippen molar-refractivity contribution in [2.45, 2.75) is 12.1 Å². The SMILES string of the molecule is Cc1ccccc1-n1c(SCC(=O)Nc2ccc(F)cc2)nc2ccsc2c1=O. The number of aromatic nitrogens is 2. The van der Waals surface area contributed by atoms with Gasteiger partial charge in [0.05, 0.1) is 17.0 Å². The van der Waals surface area contributed by atoms with Crippen molar-refractivity contribution in [2.24, 2.45) is 0 Å². The lowest BCUT2D eigenvalue weighted by Crippen LogP contribution is -2.22. The molecule has 4 aromatic rings. The van der Waals surface area contributed by atoms with Crippen molar-refractivity contribution in [1.29, 1.82) is 0 Å². The lowest BCUT2D eigenvalue weighted by molar-refractivity contribution is -0.113. The second-order valence-electron chi connectivity index (χ2n) is 6.30. The molecular formula is C21H16FN3O2S2. The number of halogens is 1. The Labute approximate surface area is 174 Å². The largest absolute Gasteiger partial charge is 0.325 e. The van der Waals surface area contributed by atoms with Crippen molar-refractivity contribution in [3.63, 3.8) is 0 Å². The number of carbonyl (C=O) groups excluding carboxylic acids is 1. The quantitative estimate of drug-likeness (QED) is 0.374. The number of benzene rings is 2. The molecule has 0 fully saturated rings. The summed E-state index contributed by atoms with van der Waals surface area (Å²) in [5.41, 5.74) is 2.65.